The van der Waals surface area contributed by atoms with Crippen LogP contribution < -0.4 is 20.1 Å². The number of aromatic nitrogens is 2. The Balaban J connectivity index is 1.84. The summed E-state index contributed by atoms with van der Waals surface area (Å²) in [4.78, 5) is 21.2. The summed E-state index contributed by atoms with van der Waals surface area (Å²) in [6, 6.07) is 13.8. The number of nitrogens with one attached hydrogen (secondary N) is 2. The second-order valence-corrected chi connectivity index (χ2v) is 6.31. The number of aryl methyl sites for hydroxylation is 1. The van der Waals surface area contributed by atoms with Crippen LogP contribution >= 0.6 is 11.6 Å². The number of ether oxygens (including phenoxy) is 2. The molecule has 0 atom stereocenters. The molecule has 28 heavy (non-hydrogen) atoms. The number of nitrogens with zero attached hydrogens (tertiary/aromatic N) is 2. The molecule has 144 valence electrons. The molecule has 1 amide bonds. The van der Waals surface area contributed by atoms with Crippen LogP contribution in [0.3, 0.4) is 0 Å². The molecule has 7 nitrogen and oxygen atoms in total. The minimum Gasteiger partial charge on any atom is -0.497 e. The van der Waals surface area contributed by atoms with Crippen molar-refractivity contribution in [3.8, 4) is 11.5 Å². The molecule has 0 bridgehead atoms. The molecule has 3 rings (SSSR count). The Bertz CT molecular complexity index is 1010. The number of halogens is 1. The molecule has 3 aromatic rings. The number of carbonyl (C=O) groups excluding carboxylic acids is 1. The van der Waals surface area contributed by atoms with E-state index in [1.54, 1.807) is 69.7 Å². The van der Waals surface area contributed by atoms with Gasteiger partial charge in [-0.05, 0) is 43.3 Å². The summed E-state index contributed by atoms with van der Waals surface area (Å²) in [7, 11) is 3.14. The minimum atomic E-state index is -0.363. The van der Waals surface area contributed by atoms with Gasteiger partial charge in [0, 0.05) is 22.5 Å². The van der Waals surface area contributed by atoms with E-state index < -0.39 is 0 Å². The predicted molar refractivity (Wildman–Crippen MR) is 109 cm³/mol. The molecule has 0 aliphatic rings. The van der Waals surface area contributed by atoms with Crippen LogP contribution in [-0.4, -0.2) is 30.1 Å². The Labute approximate surface area is 167 Å². The summed E-state index contributed by atoms with van der Waals surface area (Å²) in [6.07, 6.45) is 0. The van der Waals surface area contributed by atoms with Gasteiger partial charge in [0.25, 0.3) is 5.91 Å². The Hall–Kier alpha value is -3.32. The zero-order valence-electron chi connectivity index (χ0n) is 15.6. The van der Waals surface area contributed by atoms with Crippen LogP contribution in [0.15, 0.2) is 48.5 Å². The van der Waals surface area contributed by atoms with E-state index in [1.165, 1.54) is 0 Å². The van der Waals surface area contributed by atoms with Gasteiger partial charge in [-0.1, -0.05) is 17.7 Å². The second-order valence-electron chi connectivity index (χ2n) is 5.87. The molecule has 8 heteroatoms. The zero-order valence-corrected chi connectivity index (χ0v) is 16.4. The van der Waals surface area contributed by atoms with Gasteiger partial charge < -0.3 is 20.1 Å². The number of benzene rings is 2. The second kappa shape index (κ2) is 8.58. The summed E-state index contributed by atoms with van der Waals surface area (Å²) < 4.78 is 10.6. The van der Waals surface area contributed by atoms with Gasteiger partial charge in [-0.3, -0.25) is 4.79 Å². The van der Waals surface area contributed by atoms with Crippen LogP contribution in [0.1, 0.15) is 16.2 Å². The molecule has 1 heterocycles. The number of anilines is 3. The molecule has 2 N–H and O–H groups in total. The standard InChI is InChI=1S/C20H19ClN4O3/c1-12-9-17(19(26)23-14-6-4-5-13(21)10-14)25-20(22-12)24-16-8-7-15(27-2)11-18(16)28-3/h4-11H,1-3H3,(H,23,26)(H,22,24,25). The lowest BCUT2D eigenvalue weighted by molar-refractivity contribution is 0.102. The number of hydrogen-bond acceptors (Lipinski definition) is 6. The molecule has 0 unspecified atom stereocenters. The normalized spacial score (nSPS) is 10.3. The molecule has 1 aromatic heterocycles. The van der Waals surface area contributed by atoms with Gasteiger partial charge in [-0.15, -0.1) is 0 Å². The van der Waals surface area contributed by atoms with Crippen molar-refractivity contribution < 1.29 is 14.3 Å². The number of methoxy groups -OCH3 is 2. The van der Waals surface area contributed by atoms with Crippen molar-refractivity contribution >= 4 is 34.8 Å². The zero-order chi connectivity index (χ0) is 20.1. The molecule has 0 radical (unpaired) electrons. The highest BCUT2D eigenvalue weighted by Crippen LogP contribution is 2.30. The van der Waals surface area contributed by atoms with Gasteiger partial charge in [0.1, 0.15) is 17.2 Å². The van der Waals surface area contributed by atoms with Crippen molar-refractivity contribution in [1.29, 1.82) is 0 Å². The lowest BCUT2D eigenvalue weighted by Gasteiger charge is -2.12. The number of hydrogen-bond donors (Lipinski definition) is 2. The van der Waals surface area contributed by atoms with E-state index in [4.69, 9.17) is 21.1 Å². The van der Waals surface area contributed by atoms with E-state index in [0.717, 1.165) is 0 Å². The van der Waals surface area contributed by atoms with Crippen LogP contribution in [-0.2, 0) is 0 Å². The highest BCUT2D eigenvalue weighted by molar-refractivity contribution is 6.30. The highest BCUT2D eigenvalue weighted by atomic mass is 35.5. The lowest BCUT2D eigenvalue weighted by atomic mass is 10.2. The van der Waals surface area contributed by atoms with Crippen molar-refractivity contribution in [3.05, 3.63) is 64.9 Å². The van der Waals surface area contributed by atoms with Crippen molar-refractivity contribution in [2.75, 3.05) is 24.9 Å². The van der Waals surface area contributed by atoms with E-state index in [9.17, 15) is 4.79 Å². The van der Waals surface area contributed by atoms with Crippen LogP contribution in [0.4, 0.5) is 17.3 Å². The molecule has 0 aliphatic heterocycles. The van der Waals surface area contributed by atoms with Gasteiger partial charge in [-0.2, -0.15) is 0 Å². The fourth-order valence-electron chi connectivity index (χ4n) is 2.52. The molecule has 0 saturated heterocycles. The third-order valence-corrected chi connectivity index (χ3v) is 4.06. The van der Waals surface area contributed by atoms with E-state index in [0.29, 0.717) is 33.6 Å². The summed E-state index contributed by atoms with van der Waals surface area (Å²) in [5, 5.41) is 6.39. The molecule has 0 fully saturated rings. The molecular formula is C20H19ClN4O3. The predicted octanol–water partition coefficient (Wildman–Crippen LogP) is 4.45. The van der Waals surface area contributed by atoms with Crippen molar-refractivity contribution in [2.24, 2.45) is 0 Å². The first-order valence-corrected chi connectivity index (χ1v) is 8.78. The summed E-state index contributed by atoms with van der Waals surface area (Å²) in [6.45, 7) is 1.79. The van der Waals surface area contributed by atoms with Gasteiger partial charge in [0.05, 0.1) is 19.9 Å². The van der Waals surface area contributed by atoms with Crippen molar-refractivity contribution in [1.82, 2.24) is 9.97 Å². The maximum Gasteiger partial charge on any atom is 0.274 e. The number of rotatable bonds is 6. The molecule has 2 aromatic carbocycles. The first-order valence-electron chi connectivity index (χ1n) is 8.40. The largest absolute Gasteiger partial charge is 0.497 e. The first-order chi connectivity index (χ1) is 13.5. The SMILES string of the molecule is COc1ccc(Nc2nc(C)cc(C(=O)Nc3cccc(Cl)c3)n2)c(OC)c1. The number of carbonyl (C=O) groups is 1. The monoisotopic (exact) mass is 398 g/mol. The average Bonchev–Trinajstić information content (AvgIpc) is 2.68. The van der Waals surface area contributed by atoms with E-state index in [2.05, 4.69) is 20.6 Å². The van der Waals surface area contributed by atoms with E-state index >= 15 is 0 Å². The average molecular weight is 399 g/mol. The summed E-state index contributed by atoms with van der Waals surface area (Å²) >= 11 is 5.96. The van der Waals surface area contributed by atoms with E-state index in [-0.39, 0.29) is 17.5 Å². The van der Waals surface area contributed by atoms with E-state index in [1.807, 2.05) is 0 Å². The van der Waals surface area contributed by atoms with Gasteiger partial charge in [-0.25, -0.2) is 9.97 Å². The lowest BCUT2D eigenvalue weighted by Crippen LogP contribution is -2.15. The summed E-state index contributed by atoms with van der Waals surface area (Å²) in [5.74, 6) is 1.14. The maximum atomic E-state index is 12.6. The first kappa shape index (κ1) is 19.4. The minimum absolute atomic E-state index is 0.224. The third kappa shape index (κ3) is 4.69. The topological polar surface area (TPSA) is 85.4 Å². The Kier molecular flexibility index (Phi) is 5.96. The Morgan fingerprint density at radius 1 is 1.04 bits per heavy atom. The maximum absolute atomic E-state index is 12.6. The fraction of sp³-hybridized carbons (Fsp3) is 0.150. The van der Waals surface area contributed by atoms with Crippen LogP contribution in [0.2, 0.25) is 5.02 Å². The summed E-state index contributed by atoms with van der Waals surface area (Å²) in [5.41, 5.74) is 2.10. The third-order valence-electron chi connectivity index (χ3n) is 3.82. The van der Waals surface area contributed by atoms with Gasteiger partial charge in [0.2, 0.25) is 5.95 Å². The van der Waals surface area contributed by atoms with Crippen molar-refractivity contribution in [2.45, 2.75) is 6.92 Å². The fourth-order valence-corrected chi connectivity index (χ4v) is 2.71. The number of amides is 1. The Morgan fingerprint density at radius 3 is 2.57 bits per heavy atom. The molecular weight excluding hydrogens is 380 g/mol. The van der Waals surface area contributed by atoms with Crippen molar-refractivity contribution in [3.63, 3.8) is 0 Å². The van der Waals surface area contributed by atoms with Gasteiger partial charge in [0.15, 0.2) is 0 Å². The smallest absolute Gasteiger partial charge is 0.274 e. The van der Waals surface area contributed by atoms with Crippen LogP contribution in [0.25, 0.3) is 0 Å². The highest BCUT2D eigenvalue weighted by Gasteiger charge is 2.13. The molecule has 0 saturated carbocycles. The van der Waals surface area contributed by atoms with Crippen LogP contribution in [0, 0.1) is 6.92 Å². The quantitative estimate of drug-likeness (QED) is 0.638. The Morgan fingerprint density at radius 2 is 1.86 bits per heavy atom. The molecule has 0 aliphatic carbocycles. The van der Waals surface area contributed by atoms with Crippen LogP contribution in [0.5, 0.6) is 11.5 Å². The molecule has 0 spiro atoms. The van der Waals surface area contributed by atoms with Gasteiger partial charge >= 0.3 is 0 Å².